The molecule has 0 saturated carbocycles. The third kappa shape index (κ3) is 12.1. The lowest BCUT2D eigenvalue weighted by molar-refractivity contribution is -0.148. The van der Waals surface area contributed by atoms with Gasteiger partial charge >= 0.3 is 11.9 Å². The fourth-order valence-electron chi connectivity index (χ4n) is 2.76. The Kier molecular flexibility index (Phi) is 14.0. The molecule has 0 aromatic rings. The highest BCUT2D eigenvalue weighted by Crippen LogP contribution is 2.05. The molecule has 15 heteroatoms. The summed E-state index contributed by atoms with van der Waals surface area (Å²) in [6.45, 7) is 1.47. The van der Waals surface area contributed by atoms with E-state index < -0.39 is 72.3 Å². The van der Waals surface area contributed by atoms with Gasteiger partial charge in [-0.15, -0.1) is 0 Å². The summed E-state index contributed by atoms with van der Waals surface area (Å²) in [6, 6.07) is -5.78. The van der Waals surface area contributed by atoms with E-state index in [0.29, 0.717) is 19.4 Å². The lowest BCUT2D eigenvalue weighted by Crippen LogP contribution is -2.60. The zero-order valence-corrected chi connectivity index (χ0v) is 18.9. The van der Waals surface area contributed by atoms with Crippen LogP contribution in [0.2, 0.25) is 0 Å². The van der Waals surface area contributed by atoms with Gasteiger partial charge in [0.05, 0.1) is 18.6 Å². The predicted octanol–water partition coefficient (Wildman–Crippen LogP) is -3.90. The van der Waals surface area contributed by atoms with E-state index in [4.69, 9.17) is 27.4 Å². The van der Waals surface area contributed by atoms with Crippen molar-refractivity contribution in [2.75, 3.05) is 6.54 Å². The van der Waals surface area contributed by atoms with Crippen molar-refractivity contribution in [1.82, 2.24) is 16.0 Å². The molecule has 0 bridgehead atoms. The highest BCUT2D eigenvalue weighted by Gasteiger charge is 2.33. The Bertz CT molecular complexity index is 746. The molecule has 0 spiro atoms. The van der Waals surface area contributed by atoms with E-state index in [0.717, 1.165) is 6.92 Å². The number of aliphatic hydroxyl groups excluding tert-OH is 1. The van der Waals surface area contributed by atoms with Crippen molar-refractivity contribution in [3.63, 3.8) is 0 Å². The maximum atomic E-state index is 12.8. The van der Waals surface area contributed by atoms with Gasteiger partial charge in [-0.05, 0) is 39.2 Å². The van der Waals surface area contributed by atoms with E-state index in [1.165, 1.54) is 0 Å². The standard InChI is InChI=1S/C19H34N6O9/c1-9(26)15(18(32)24-12(19(33)34)8-14(28)29)25-17(31)11(4-2-3-7-20)23-16(30)10(21)5-6-13(22)27/h9-12,15,26H,2-8,20-21H2,1H3,(H2,22,27)(H,23,30)(H,24,32)(H,25,31)(H,28,29)(H,33,34). The van der Waals surface area contributed by atoms with E-state index in [1.807, 2.05) is 5.32 Å². The normalized spacial score (nSPS) is 15.2. The van der Waals surface area contributed by atoms with E-state index >= 15 is 0 Å². The second-order valence-electron chi connectivity index (χ2n) is 7.68. The summed E-state index contributed by atoms with van der Waals surface area (Å²) in [7, 11) is 0. The molecule has 0 aliphatic carbocycles. The van der Waals surface area contributed by atoms with E-state index in [2.05, 4.69) is 10.6 Å². The Morgan fingerprint density at radius 3 is 1.91 bits per heavy atom. The molecule has 0 radical (unpaired) electrons. The monoisotopic (exact) mass is 490 g/mol. The van der Waals surface area contributed by atoms with Crippen molar-refractivity contribution < 1.29 is 44.1 Å². The zero-order chi connectivity index (χ0) is 26.4. The molecular formula is C19H34N6O9. The molecule has 0 aliphatic heterocycles. The lowest BCUT2D eigenvalue weighted by Gasteiger charge is -2.26. The molecule has 4 amide bonds. The number of unbranched alkanes of at least 4 members (excludes halogenated alkanes) is 1. The van der Waals surface area contributed by atoms with Crippen molar-refractivity contribution in [1.29, 1.82) is 0 Å². The van der Waals surface area contributed by atoms with Crippen LogP contribution in [0.25, 0.3) is 0 Å². The van der Waals surface area contributed by atoms with Crippen molar-refractivity contribution in [2.24, 2.45) is 17.2 Å². The Morgan fingerprint density at radius 1 is 0.853 bits per heavy atom. The lowest BCUT2D eigenvalue weighted by atomic mass is 10.0. The molecule has 0 saturated heterocycles. The Hall–Kier alpha value is -3.30. The topological polar surface area (TPSA) is 277 Å². The SMILES string of the molecule is CC(O)C(NC(=O)C(CCCCN)NC(=O)C(N)CCC(N)=O)C(=O)NC(CC(=O)O)C(=O)O. The molecule has 15 nitrogen and oxygen atoms in total. The molecule has 0 aliphatic rings. The number of hydrogen-bond acceptors (Lipinski definition) is 9. The van der Waals surface area contributed by atoms with Gasteiger partial charge in [0.2, 0.25) is 23.6 Å². The summed E-state index contributed by atoms with van der Waals surface area (Å²) >= 11 is 0. The van der Waals surface area contributed by atoms with Crippen LogP contribution < -0.4 is 33.2 Å². The van der Waals surface area contributed by atoms with E-state index in [1.54, 1.807) is 0 Å². The van der Waals surface area contributed by atoms with Crippen LogP contribution in [-0.4, -0.2) is 87.7 Å². The molecule has 0 aromatic carbocycles. The van der Waals surface area contributed by atoms with Gasteiger partial charge in [-0.2, -0.15) is 0 Å². The molecule has 0 heterocycles. The number of carbonyl (C=O) groups excluding carboxylic acids is 4. The van der Waals surface area contributed by atoms with Crippen LogP contribution in [0.15, 0.2) is 0 Å². The van der Waals surface area contributed by atoms with Crippen LogP contribution in [0.3, 0.4) is 0 Å². The number of carboxylic acid groups (broad SMARTS) is 2. The summed E-state index contributed by atoms with van der Waals surface area (Å²) in [4.78, 5) is 70.5. The number of aliphatic hydroxyl groups is 1. The molecule has 12 N–H and O–H groups in total. The fourth-order valence-corrected chi connectivity index (χ4v) is 2.76. The highest BCUT2D eigenvalue weighted by molar-refractivity contribution is 5.95. The second kappa shape index (κ2) is 15.5. The van der Waals surface area contributed by atoms with Crippen molar-refractivity contribution in [3.05, 3.63) is 0 Å². The first-order chi connectivity index (χ1) is 15.8. The van der Waals surface area contributed by atoms with Crippen LogP contribution in [0.1, 0.15) is 45.4 Å². The number of carboxylic acids is 2. The van der Waals surface area contributed by atoms with Gasteiger partial charge in [0, 0.05) is 6.42 Å². The smallest absolute Gasteiger partial charge is 0.326 e. The summed E-state index contributed by atoms with van der Waals surface area (Å²) in [5.74, 6) is -6.53. The van der Waals surface area contributed by atoms with Gasteiger partial charge in [-0.25, -0.2) is 4.79 Å². The number of rotatable bonds is 17. The summed E-state index contributed by atoms with van der Waals surface area (Å²) in [6.07, 6.45) is -1.60. The van der Waals surface area contributed by atoms with Crippen LogP contribution in [0.5, 0.6) is 0 Å². The first-order valence-corrected chi connectivity index (χ1v) is 10.6. The van der Waals surface area contributed by atoms with Gasteiger partial charge in [-0.1, -0.05) is 0 Å². The second-order valence-corrected chi connectivity index (χ2v) is 7.68. The number of amides is 4. The summed E-state index contributed by atoms with van der Waals surface area (Å²) in [5, 5.41) is 34.4. The molecule has 0 rings (SSSR count). The van der Waals surface area contributed by atoms with Gasteiger partial charge in [0.25, 0.3) is 0 Å². The van der Waals surface area contributed by atoms with Crippen LogP contribution in [0.4, 0.5) is 0 Å². The first kappa shape index (κ1) is 30.7. The minimum absolute atomic E-state index is 0.0584. The summed E-state index contributed by atoms with van der Waals surface area (Å²) < 4.78 is 0. The number of hydrogen-bond donors (Lipinski definition) is 9. The van der Waals surface area contributed by atoms with Crippen LogP contribution in [-0.2, 0) is 28.8 Å². The van der Waals surface area contributed by atoms with E-state index in [9.17, 15) is 33.9 Å². The largest absolute Gasteiger partial charge is 0.481 e. The molecule has 0 fully saturated rings. The van der Waals surface area contributed by atoms with Gasteiger partial charge in [0.15, 0.2) is 0 Å². The maximum absolute atomic E-state index is 12.8. The third-order valence-corrected chi connectivity index (χ3v) is 4.67. The number of aliphatic carboxylic acids is 2. The number of nitrogens with two attached hydrogens (primary N) is 3. The number of primary amides is 1. The van der Waals surface area contributed by atoms with Crippen LogP contribution >= 0.6 is 0 Å². The third-order valence-electron chi connectivity index (χ3n) is 4.67. The quantitative estimate of drug-likeness (QED) is 0.0888. The minimum atomic E-state index is -1.80. The van der Waals surface area contributed by atoms with Gasteiger partial charge < -0.3 is 48.5 Å². The average Bonchev–Trinajstić information content (AvgIpc) is 2.73. The fraction of sp³-hybridized carbons (Fsp3) is 0.684. The molecule has 0 aromatic heterocycles. The number of nitrogens with one attached hydrogen (secondary N) is 3. The predicted molar refractivity (Wildman–Crippen MR) is 117 cm³/mol. The summed E-state index contributed by atoms with van der Waals surface area (Å²) in [5.41, 5.74) is 16.2. The maximum Gasteiger partial charge on any atom is 0.326 e. The molecule has 5 unspecified atom stereocenters. The van der Waals surface area contributed by atoms with Gasteiger partial charge in [-0.3, -0.25) is 24.0 Å². The van der Waals surface area contributed by atoms with Gasteiger partial charge in [0.1, 0.15) is 18.1 Å². The minimum Gasteiger partial charge on any atom is -0.481 e. The molecule has 34 heavy (non-hydrogen) atoms. The molecule has 5 atom stereocenters. The zero-order valence-electron chi connectivity index (χ0n) is 18.9. The first-order valence-electron chi connectivity index (χ1n) is 10.6. The van der Waals surface area contributed by atoms with Crippen molar-refractivity contribution in [3.8, 4) is 0 Å². The molecule has 194 valence electrons. The number of carbonyl (C=O) groups is 6. The molecular weight excluding hydrogens is 456 g/mol. The van der Waals surface area contributed by atoms with E-state index in [-0.39, 0.29) is 19.3 Å². The highest BCUT2D eigenvalue weighted by atomic mass is 16.4. The average molecular weight is 491 g/mol. The van der Waals surface area contributed by atoms with Crippen molar-refractivity contribution >= 4 is 35.6 Å². The van der Waals surface area contributed by atoms with Crippen LogP contribution in [0, 0.1) is 0 Å². The Balaban J connectivity index is 5.42. The van der Waals surface area contributed by atoms with Crippen molar-refractivity contribution in [2.45, 2.75) is 75.7 Å². The Labute approximate surface area is 195 Å². The Morgan fingerprint density at radius 2 is 1.44 bits per heavy atom.